The lowest BCUT2D eigenvalue weighted by Gasteiger charge is -2.34. The number of aromatic nitrogens is 2. The van der Waals surface area contributed by atoms with Crippen molar-refractivity contribution in [3.05, 3.63) is 57.6 Å². The molecule has 160 valence electrons. The molecule has 7 nitrogen and oxygen atoms in total. The second kappa shape index (κ2) is 8.65. The summed E-state index contributed by atoms with van der Waals surface area (Å²) in [6.45, 7) is 2.14. The fraction of sp³-hybridized carbons (Fsp3) is 0.333. The molecule has 3 rings (SSSR count). The van der Waals surface area contributed by atoms with Crippen LogP contribution in [0.25, 0.3) is 0 Å². The standard InChI is InChI=1S/C18H16Cl2F3N5O2/c1-9-15(29)24-4-5-28(9)17(30)27-14(10-2-3-12(19)13(20)6-10)11-7-25-16(26-8-11)18(21,22)23/h2-3,6-9,14H,4-5H2,1H3,(H,24,29)(H,27,30)/t9-,14+/m1/s1. The van der Waals surface area contributed by atoms with Gasteiger partial charge in [-0.25, -0.2) is 14.8 Å². The van der Waals surface area contributed by atoms with Crippen LogP contribution in [-0.4, -0.2) is 45.9 Å². The molecule has 0 aliphatic carbocycles. The van der Waals surface area contributed by atoms with Crippen molar-refractivity contribution in [3.8, 4) is 0 Å². The van der Waals surface area contributed by atoms with Crippen LogP contribution in [0, 0.1) is 0 Å². The van der Waals surface area contributed by atoms with Crippen LogP contribution < -0.4 is 10.6 Å². The first-order valence-corrected chi connectivity index (χ1v) is 9.52. The van der Waals surface area contributed by atoms with Gasteiger partial charge in [0.25, 0.3) is 0 Å². The number of rotatable bonds is 3. The van der Waals surface area contributed by atoms with Crippen molar-refractivity contribution in [3.63, 3.8) is 0 Å². The second-order valence-corrected chi connectivity index (χ2v) is 7.37. The van der Waals surface area contributed by atoms with Crippen molar-refractivity contribution < 1.29 is 22.8 Å². The third-order valence-electron chi connectivity index (χ3n) is 4.56. The summed E-state index contributed by atoms with van der Waals surface area (Å²) in [6, 6.07) is 2.35. The first kappa shape index (κ1) is 22.1. The van der Waals surface area contributed by atoms with Crippen LogP contribution in [-0.2, 0) is 11.0 Å². The van der Waals surface area contributed by atoms with Crippen LogP contribution >= 0.6 is 23.2 Å². The fourth-order valence-corrected chi connectivity index (χ4v) is 3.26. The zero-order valence-corrected chi connectivity index (χ0v) is 17.0. The predicted molar refractivity (Wildman–Crippen MR) is 103 cm³/mol. The molecule has 0 unspecified atom stereocenters. The van der Waals surface area contributed by atoms with E-state index in [9.17, 15) is 22.8 Å². The maximum atomic E-state index is 12.8. The van der Waals surface area contributed by atoms with E-state index in [4.69, 9.17) is 23.2 Å². The van der Waals surface area contributed by atoms with Gasteiger partial charge in [-0.1, -0.05) is 29.3 Å². The third-order valence-corrected chi connectivity index (χ3v) is 5.30. The number of nitrogens with one attached hydrogen (secondary N) is 2. The normalized spacial score (nSPS) is 18.0. The van der Waals surface area contributed by atoms with Crippen molar-refractivity contribution in [1.82, 2.24) is 25.5 Å². The average molecular weight is 462 g/mol. The summed E-state index contributed by atoms with van der Waals surface area (Å²) in [7, 11) is 0. The zero-order chi connectivity index (χ0) is 22.1. The van der Waals surface area contributed by atoms with Gasteiger partial charge < -0.3 is 15.5 Å². The minimum atomic E-state index is -4.70. The van der Waals surface area contributed by atoms with E-state index in [-0.39, 0.29) is 34.6 Å². The first-order chi connectivity index (χ1) is 14.1. The number of benzene rings is 1. The van der Waals surface area contributed by atoms with Crippen LogP contribution in [0.15, 0.2) is 30.6 Å². The van der Waals surface area contributed by atoms with Crippen LogP contribution in [0.3, 0.4) is 0 Å². The quantitative estimate of drug-likeness (QED) is 0.732. The van der Waals surface area contributed by atoms with Gasteiger partial charge in [-0.05, 0) is 24.6 Å². The second-order valence-electron chi connectivity index (χ2n) is 6.55. The number of piperazine rings is 1. The summed E-state index contributed by atoms with van der Waals surface area (Å²) in [5.74, 6) is -1.60. The van der Waals surface area contributed by atoms with E-state index in [0.717, 1.165) is 12.4 Å². The molecule has 0 bridgehead atoms. The zero-order valence-electron chi connectivity index (χ0n) is 15.5. The Morgan fingerprint density at radius 1 is 1.23 bits per heavy atom. The van der Waals surface area contributed by atoms with Gasteiger partial charge in [0.1, 0.15) is 6.04 Å². The Kier molecular flexibility index (Phi) is 6.37. The molecule has 1 aromatic carbocycles. The Balaban J connectivity index is 1.94. The molecule has 30 heavy (non-hydrogen) atoms. The van der Waals surface area contributed by atoms with E-state index in [1.54, 1.807) is 13.0 Å². The number of carbonyl (C=O) groups excluding carboxylic acids is 2. The largest absolute Gasteiger partial charge is 0.451 e. The monoisotopic (exact) mass is 461 g/mol. The van der Waals surface area contributed by atoms with Crippen molar-refractivity contribution in [2.24, 2.45) is 0 Å². The molecule has 1 aromatic heterocycles. The molecule has 0 spiro atoms. The molecule has 2 N–H and O–H groups in total. The molecule has 1 saturated heterocycles. The highest BCUT2D eigenvalue weighted by atomic mass is 35.5. The molecule has 1 aliphatic heterocycles. The number of halogens is 5. The Bertz CT molecular complexity index is 956. The Morgan fingerprint density at radius 2 is 1.90 bits per heavy atom. The highest BCUT2D eigenvalue weighted by molar-refractivity contribution is 6.42. The summed E-state index contributed by atoms with van der Waals surface area (Å²) in [5, 5.41) is 5.84. The highest BCUT2D eigenvalue weighted by Crippen LogP contribution is 2.30. The van der Waals surface area contributed by atoms with E-state index in [1.165, 1.54) is 17.0 Å². The van der Waals surface area contributed by atoms with Gasteiger partial charge >= 0.3 is 12.2 Å². The SMILES string of the molecule is C[C@@H]1C(=O)NCCN1C(=O)N[C@H](c1cnc(C(F)(F)F)nc1)c1ccc(Cl)c(Cl)c1. The lowest BCUT2D eigenvalue weighted by Crippen LogP contribution is -2.58. The Hall–Kier alpha value is -2.59. The summed E-state index contributed by atoms with van der Waals surface area (Å²) >= 11 is 12.0. The molecule has 1 fully saturated rings. The van der Waals surface area contributed by atoms with Crippen LogP contribution in [0.4, 0.5) is 18.0 Å². The topological polar surface area (TPSA) is 87.2 Å². The van der Waals surface area contributed by atoms with Gasteiger partial charge in [0.05, 0.1) is 16.1 Å². The van der Waals surface area contributed by atoms with Crippen LogP contribution in [0.5, 0.6) is 0 Å². The average Bonchev–Trinajstić information content (AvgIpc) is 2.69. The lowest BCUT2D eigenvalue weighted by atomic mass is 10.0. The van der Waals surface area contributed by atoms with Crippen molar-refractivity contribution in [1.29, 1.82) is 0 Å². The number of carbonyl (C=O) groups is 2. The number of amides is 3. The molecule has 0 radical (unpaired) electrons. The molecule has 3 amide bonds. The van der Waals surface area contributed by atoms with E-state index in [1.807, 2.05) is 0 Å². The van der Waals surface area contributed by atoms with Gasteiger partial charge in [-0.15, -0.1) is 0 Å². The highest BCUT2D eigenvalue weighted by Gasteiger charge is 2.35. The number of nitrogens with zero attached hydrogens (tertiary/aromatic N) is 3. The third kappa shape index (κ3) is 4.76. The molecule has 1 aliphatic rings. The molecule has 2 aromatic rings. The maximum Gasteiger partial charge on any atom is 0.451 e. The number of urea groups is 1. The summed E-state index contributed by atoms with van der Waals surface area (Å²) in [5.41, 5.74) is 0.652. The number of hydrogen-bond acceptors (Lipinski definition) is 4. The Morgan fingerprint density at radius 3 is 2.50 bits per heavy atom. The smallest absolute Gasteiger partial charge is 0.353 e. The van der Waals surface area contributed by atoms with Crippen LogP contribution in [0.2, 0.25) is 10.0 Å². The summed E-state index contributed by atoms with van der Waals surface area (Å²) < 4.78 is 38.4. The number of hydrogen-bond donors (Lipinski definition) is 2. The van der Waals surface area contributed by atoms with Gasteiger partial charge in [0.15, 0.2) is 0 Å². The van der Waals surface area contributed by atoms with Crippen molar-refractivity contribution >= 4 is 35.1 Å². The first-order valence-electron chi connectivity index (χ1n) is 8.77. The van der Waals surface area contributed by atoms with Crippen molar-refractivity contribution in [2.45, 2.75) is 25.2 Å². The van der Waals surface area contributed by atoms with Gasteiger partial charge in [0.2, 0.25) is 11.7 Å². The van der Waals surface area contributed by atoms with Gasteiger partial charge in [0, 0.05) is 31.0 Å². The van der Waals surface area contributed by atoms with E-state index < -0.39 is 30.1 Å². The molecule has 2 heterocycles. The summed E-state index contributed by atoms with van der Waals surface area (Å²) in [6.07, 6.45) is -2.73. The predicted octanol–water partition coefficient (Wildman–Crippen LogP) is 3.42. The molecule has 0 saturated carbocycles. The maximum absolute atomic E-state index is 12.8. The summed E-state index contributed by atoms with van der Waals surface area (Å²) in [4.78, 5) is 32.7. The van der Waals surface area contributed by atoms with Gasteiger partial charge in [-0.2, -0.15) is 13.2 Å². The lowest BCUT2D eigenvalue weighted by molar-refractivity contribution is -0.145. The van der Waals surface area contributed by atoms with Crippen molar-refractivity contribution in [2.75, 3.05) is 13.1 Å². The minimum absolute atomic E-state index is 0.198. The fourth-order valence-electron chi connectivity index (χ4n) is 2.95. The molecular formula is C18H16Cl2F3N5O2. The van der Waals surface area contributed by atoms with Gasteiger partial charge in [-0.3, -0.25) is 4.79 Å². The molecular weight excluding hydrogens is 446 g/mol. The van der Waals surface area contributed by atoms with E-state index in [0.29, 0.717) is 5.56 Å². The minimum Gasteiger partial charge on any atom is -0.353 e. The molecule has 2 atom stereocenters. The van der Waals surface area contributed by atoms with Crippen LogP contribution in [0.1, 0.15) is 29.9 Å². The van der Waals surface area contributed by atoms with E-state index in [2.05, 4.69) is 20.6 Å². The Labute approximate surface area is 179 Å². The number of alkyl halides is 3. The van der Waals surface area contributed by atoms with E-state index >= 15 is 0 Å². The molecule has 12 heteroatoms.